The van der Waals surface area contributed by atoms with Crippen molar-refractivity contribution in [2.75, 3.05) is 6.54 Å². The lowest BCUT2D eigenvalue weighted by molar-refractivity contribution is -0.126. The van der Waals surface area contributed by atoms with Crippen LogP contribution in [-0.2, 0) is 11.2 Å². The van der Waals surface area contributed by atoms with Crippen LogP contribution in [0.4, 0.5) is 0 Å². The molecule has 0 bridgehead atoms. The molecule has 1 unspecified atom stereocenters. The fraction of sp³-hybridized carbons (Fsp3) is 0.562. The van der Waals surface area contributed by atoms with E-state index in [1.807, 2.05) is 6.92 Å². The Morgan fingerprint density at radius 3 is 2.37 bits per heavy atom. The van der Waals surface area contributed by atoms with Crippen molar-refractivity contribution in [1.82, 2.24) is 5.32 Å². The van der Waals surface area contributed by atoms with E-state index >= 15 is 0 Å². The molecule has 0 heterocycles. The van der Waals surface area contributed by atoms with Crippen LogP contribution in [-0.4, -0.2) is 18.0 Å². The Kier molecular flexibility index (Phi) is 5.55. The Bertz CT molecular complexity index is 418. The van der Waals surface area contributed by atoms with Crippen molar-refractivity contribution in [3.05, 3.63) is 34.9 Å². The Balaban J connectivity index is 2.48. The van der Waals surface area contributed by atoms with Gasteiger partial charge >= 0.3 is 0 Å². The summed E-state index contributed by atoms with van der Waals surface area (Å²) >= 11 is 0. The molecule has 0 fully saturated rings. The molecule has 1 atom stereocenters. The van der Waals surface area contributed by atoms with Crippen LogP contribution in [0.2, 0.25) is 0 Å². The van der Waals surface area contributed by atoms with Gasteiger partial charge in [-0.05, 0) is 39.2 Å². The highest BCUT2D eigenvalue weighted by molar-refractivity contribution is 5.85. The number of nitrogens with one attached hydrogen (secondary N) is 1. The highest BCUT2D eigenvalue weighted by Crippen LogP contribution is 2.10. The molecule has 1 aromatic rings. The first kappa shape index (κ1) is 15.7. The maximum Gasteiger partial charge on any atom is 0.239 e. The molecule has 0 aromatic heterocycles. The van der Waals surface area contributed by atoms with Gasteiger partial charge < -0.3 is 11.1 Å². The maximum atomic E-state index is 11.9. The van der Waals surface area contributed by atoms with Crippen LogP contribution in [0.3, 0.4) is 0 Å². The zero-order valence-electron chi connectivity index (χ0n) is 12.5. The number of nitrogens with two attached hydrogens (primary N) is 1. The SMILES string of the molecule is CCCC(C)(N)C(=O)NCCc1cc(C)cc(C)c1. The lowest BCUT2D eigenvalue weighted by Crippen LogP contribution is -2.51. The van der Waals surface area contributed by atoms with E-state index in [1.165, 1.54) is 16.7 Å². The van der Waals surface area contributed by atoms with Crippen molar-refractivity contribution in [3.8, 4) is 0 Å². The van der Waals surface area contributed by atoms with Crippen molar-refractivity contribution in [1.29, 1.82) is 0 Å². The highest BCUT2D eigenvalue weighted by Gasteiger charge is 2.26. The summed E-state index contributed by atoms with van der Waals surface area (Å²) in [6, 6.07) is 6.47. The molecule has 3 N–H and O–H groups in total. The predicted molar refractivity (Wildman–Crippen MR) is 80.1 cm³/mol. The Morgan fingerprint density at radius 1 is 1.26 bits per heavy atom. The first-order chi connectivity index (χ1) is 8.85. The standard InChI is InChI=1S/C16H26N2O/c1-5-7-16(4,17)15(19)18-8-6-14-10-12(2)9-13(3)11-14/h9-11H,5-8,17H2,1-4H3,(H,18,19). The number of rotatable bonds is 6. The van der Waals surface area contributed by atoms with Crippen molar-refractivity contribution in [3.63, 3.8) is 0 Å². The minimum Gasteiger partial charge on any atom is -0.354 e. The van der Waals surface area contributed by atoms with E-state index in [4.69, 9.17) is 5.73 Å². The topological polar surface area (TPSA) is 55.1 Å². The summed E-state index contributed by atoms with van der Waals surface area (Å²) < 4.78 is 0. The van der Waals surface area contributed by atoms with Gasteiger partial charge in [-0.1, -0.05) is 42.7 Å². The average molecular weight is 262 g/mol. The fourth-order valence-electron chi connectivity index (χ4n) is 2.37. The lowest BCUT2D eigenvalue weighted by Gasteiger charge is -2.22. The van der Waals surface area contributed by atoms with E-state index < -0.39 is 5.54 Å². The van der Waals surface area contributed by atoms with Gasteiger partial charge in [-0.3, -0.25) is 4.79 Å². The van der Waals surface area contributed by atoms with Gasteiger partial charge in [-0.25, -0.2) is 0 Å². The molecule has 19 heavy (non-hydrogen) atoms. The molecular weight excluding hydrogens is 236 g/mol. The smallest absolute Gasteiger partial charge is 0.239 e. The Hall–Kier alpha value is -1.35. The molecule has 1 aromatic carbocycles. The van der Waals surface area contributed by atoms with Crippen LogP contribution in [0.25, 0.3) is 0 Å². The zero-order chi connectivity index (χ0) is 14.5. The van der Waals surface area contributed by atoms with Gasteiger partial charge in [0, 0.05) is 6.54 Å². The average Bonchev–Trinajstić information content (AvgIpc) is 2.27. The van der Waals surface area contributed by atoms with Gasteiger partial charge in [0.15, 0.2) is 0 Å². The van der Waals surface area contributed by atoms with Crippen LogP contribution in [0.15, 0.2) is 18.2 Å². The Morgan fingerprint density at radius 2 is 1.84 bits per heavy atom. The van der Waals surface area contributed by atoms with Gasteiger partial charge in [0.05, 0.1) is 5.54 Å². The Labute approximate surface area is 116 Å². The van der Waals surface area contributed by atoms with E-state index in [0.717, 1.165) is 12.8 Å². The quantitative estimate of drug-likeness (QED) is 0.827. The predicted octanol–water partition coefficient (Wildman–Crippen LogP) is 2.48. The number of carbonyl (C=O) groups is 1. The van der Waals surface area contributed by atoms with E-state index in [2.05, 4.69) is 37.4 Å². The van der Waals surface area contributed by atoms with Crippen molar-refractivity contribution < 1.29 is 4.79 Å². The van der Waals surface area contributed by atoms with Gasteiger partial charge in [-0.15, -0.1) is 0 Å². The molecule has 0 aliphatic heterocycles. The summed E-state index contributed by atoms with van der Waals surface area (Å²) in [5.41, 5.74) is 9.01. The number of carbonyl (C=O) groups excluding carboxylic acids is 1. The first-order valence-corrected chi connectivity index (χ1v) is 6.99. The van der Waals surface area contributed by atoms with E-state index in [-0.39, 0.29) is 5.91 Å². The molecule has 0 saturated carbocycles. The molecule has 3 nitrogen and oxygen atoms in total. The van der Waals surface area contributed by atoms with Gasteiger partial charge in [0.1, 0.15) is 0 Å². The number of benzene rings is 1. The number of hydrogen-bond donors (Lipinski definition) is 2. The molecule has 106 valence electrons. The number of aryl methyl sites for hydroxylation is 2. The molecule has 0 saturated heterocycles. The van der Waals surface area contributed by atoms with Gasteiger partial charge in [0.2, 0.25) is 5.91 Å². The fourth-order valence-corrected chi connectivity index (χ4v) is 2.37. The molecule has 0 aliphatic rings. The summed E-state index contributed by atoms with van der Waals surface area (Å²) in [5.74, 6) is -0.0567. The van der Waals surface area contributed by atoms with E-state index in [0.29, 0.717) is 13.0 Å². The van der Waals surface area contributed by atoms with Crippen LogP contribution in [0, 0.1) is 13.8 Å². The largest absolute Gasteiger partial charge is 0.354 e. The molecular formula is C16H26N2O. The first-order valence-electron chi connectivity index (χ1n) is 6.99. The van der Waals surface area contributed by atoms with Crippen molar-refractivity contribution in [2.24, 2.45) is 5.73 Å². The third-order valence-electron chi connectivity index (χ3n) is 3.27. The third kappa shape index (κ3) is 5.03. The summed E-state index contributed by atoms with van der Waals surface area (Å²) in [7, 11) is 0. The molecule has 3 heteroatoms. The minimum absolute atomic E-state index is 0.0567. The van der Waals surface area contributed by atoms with E-state index in [1.54, 1.807) is 6.92 Å². The maximum absolute atomic E-state index is 11.9. The van der Waals surface area contributed by atoms with Gasteiger partial charge in [-0.2, -0.15) is 0 Å². The molecule has 0 spiro atoms. The molecule has 1 rings (SSSR count). The summed E-state index contributed by atoms with van der Waals surface area (Å²) in [6.45, 7) is 8.65. The minimum atomic E-state index is -0.753. The van der Waals surface area contributed by atoms with E-state index in [9.17, 15) is 4.79 Å². The highest BCUT2D eigenvalue weighted by atomic mass is 16.2. The summed E-state index contributed by atoms with van der Waals surface area (Å²) in [6.07, 6.45) is 2.47. The second-order valence-electron chi connectivity index (χ2n) is 5.67. The number of amides is 1. The van der Waals surface area contributed by atoms with Crippen LogP contribution < -0.4 is 11.1 Å². The van der Waals surface area contributed by atoms with Gasteiger partial charge in [0.25, 0.3) is 0 Å². The second-order valence-corrected chi connectivity index (χ2v) is 5.67. The zero-order valence-corrected chi connectivity index (χ0v) is 12.5. The summed E-state index contributed by atoms with van der Waals surface area (Å²) in [5, 5.41) is 2.93. The monoisotopic (exact) mass is 262 g/mol. The molecule has 1 amide bonds. The molecule has 0 radical (unpaired) electrons. The van der Waals surface area contributed by atoms with Crippen LogP contribution in [0.5, 0.6) is 0 Å². The van der Waals surface area contributed by atoms with Crippen LogP contribution in [0.1, 0.15) is 43.4 Å². The normalized spacial score (nSPS) is 13.9. The number of hydrogen-bond acceptors (Lipinski definition) is 2. The van der Waals surface area contributed by atoms with Crippen molar-refractivity contribution in [2.45, 2.75) is 52.5 Å². The lowest BCUT2D eigenvalue weighted by atomic mass is 9.96. The second kappa shape index (κ2) is 6.71. The van der Waals surface area contributed by atoms with Crippen molar-refractivity contribution >= 4 is 5.91 Å². The van der Waals surface area contributed by atoms with Crippen LogP contribution >= 0.6 is 0 Å². The summed E-state index contributed by atoms with van der Waals surface area (Å²) in [4.78, 5) is 11.9. The third-order valence-corrected chi connectivity index (χ3v) is 3.27. The molecule has 0 aliphatic carbocycles.